The summed E-state index contributed by atoms with van der Waals surface area (Å²) < 4.78 is 4.91. The normalized spacial score (nSPS) is 10.3. The molecule has 7 nitrogen and oxygen atoms in total. The van der Waals surface area contributed by atoms with E-state index in [1.807, 2.05) is 0 Å². The minimum atomic E-state index is -0.579. The molecule has 0 radical (unpaired) electrons. The summed E-state index contributed by atoms with van der Waals surface area (Å²) in [4.78, 5) is 19.4. The SMILES string of the molecule is COCCCN(C)c1ncnc(Cl)c1[N+](=O)[O-]. The summed E-state index contributed by atoms with van der Waals surface area (Å²) in [5.41, 5.74) is -0.269. The van der Waals surface area contributed by atoms with E-state index in [4.69, 9.17) is 16.3 Å². The van der Waals surface area contributed by atoms with Crippen LogP contribution in [0.1, 0.15) is 6.42 Å². The Morgan fingerprint density at radius 3 is 2.88 bits per heavy atom. The number of ether oxygens (including phenoxy) is 1. The quantitative estimate of drug-likeness (QED) is 0.334. The highest BCUT2D eigenvalue weighted by molar-refractivity contribution is 6.31. The van der Waals surface area contributed by atoms with Gasteiger partial charge in [-0.25, -0.2) is 9.97 Å². The fourth-order valence-electron chi connectivity index (χ4n) is 1.34. The van der Waals surface area contributed by atoms with Gasteiger partial charge in [-0.3, -0.25) is 10.1 Å². The van der Waals surface area contributed by atoms with E-state index in [2.05, 4.69) is 9.97 Å². The minimum absolute atomic E-state index is 0.154. The number of hydrogen-bond acceptors (Lipinski definition) is 6. The van der Waals surface area contributed by atoms with Crippen LogP contribution >= 0.6 is 11.6 Å². The topological polar surface area (TPSA) is 81.4 Å². The highest BCUT2D eigenvalue weighted by atomic mass is 35.5. The van der Waals surface area contributed by atoms with Crippen LogP contribution in [0.4, 0.5) is 11.5 Å². The molecule has 0 unspecified atom stereocenters. The zero-order valence-corrected chi connectivity index (χ0v) is 10.3. The lowest BCUT2D eigenvalue weighted by molar-refractivity contribution is -0.384. The first-order chi connectivity index (χ1) is 8.07. The lowest BCUT2D eigenvalue weighted by atomic mass is 10.4. The van der Waals surface area contributed by atoms with Crippen LogP contribution in [0.15, 0.2) is 6.33 Å². The van der Waals surface area contributed by atoms with Crippen LogP contribution in [0.5, 0.6) is 0 Å². The summed E-state index contributed by atoms with van der Waals surface area (Å²) in [5.74, 6) is 0.214. The van der Waals surface area contributed by atoms with Gasteiger partial charge in [0.2, 0.25) is 11.0 Å². The molecule has 0 aliphatic rings. The summed E-state index contributed by atoms with van der Waals surface area (Å²) >= 11 is 5.69. The molecule has 0 bridgehead atoms. The molecule has 0 fully saturated rings. The monoisotopic (exact) mass is 260 g/mol. The van der Waals surface area contributed by atoms with E-state index < -0.39 is 4.92 Å². The Kier molecular flexibility index (Phi) is 5.05. The van der Waals surface area contributed by atoms with Crippen molar-refractivity contribution < 1.29 is 9.66 Å². The second-order valence-electron chi connectivity index (χ2n) is 3.36. The molecule has 1 heterocycles. The number of methoxy groups -OCH3 is 1. The Morgan fingerprint density at radius 2 is 2.29 bits per heavy atom. The van der Waals surface area contributed by atoms with Gasteiger partial charge in [0.15, 0.2) is 0 Å². The van der Waals surface area contributed by atoms with Crippen molar-refractivity contribution in [1.29, 1.82) is 0 Å². The summed E-state index contributed by atoms with van der Waals surface area (Å²) in [7, 11) is 3.31. The highest BCUT2D eigenvalue weighted by Crippen LogP contribution is 2.30. The van der Waals surface area contributed by atoms with Crippen LogP contribution in [0.3, 0.4) is 0 Å². The van der Waals surface area contributed by atoms with Crippen molar-refractivity contribution in [3.05, 3.63) is 21.6 Å². The molecule has 1 rings (SSSR count). The van der Waals surface area contributed by atoms with Crippen molar-refractivity contribution in [3.8, 4) is 0 Å². The molecule has 0 aliphatic heterocycles. The molecule has 94 valence electrons. The van der Waals surface area contributed by atoms with E-state index >= 15 is 0 Å². The summed E-state index contributed by atoms with van der Waals surface area (Å²) in [6.45, 7) is 1.17. The second-order valence-corrected chi connectivity index (χ2v) is 3.72. The number of rotatable bonds is 6. The largest absolute Gasteiger partial charge is 0.385 e. The minimum Gasteiger partial charge on any atom is -0.385 e. The van der Waals surface area contributed by atoms with Gasteiger partial charge < -0.3 is 9.64 Å². The molecule has 0 atom stereocenters. The molecule has 0 saturated carbocycles. The Balaban J connectivity index is 2.89. The number of nitrogens with zero attached hydrogens (tertiary/aromatic N) is 4. The first-order valence-electron chi connectivity index (χ1n) is 4.93. The second kappa shape index (κ2) is 6.31. The van der Waals surface area contributed by atoms with Gasteiger partial charge in [0.05, 0.1) is 4.92 Å². The summed E-state index contributed by atoms with van der Waals surface area (Å²) in [6, 6.07) is 0. The Hall–Kier alpha value is -1.47. The van der Waals surface area contributed by atoms with Crippen molar-refractivity contribution in [2.45, 2.75) is 6.42 Å². The van der Waals surface area contributed by atoms with Crippen LogP contribution < -0.4 is 4.90 Å². The third-order valence-corrected chi connectivity index (χ3v) is 2.42. The van der Waals surface area contributed by atoms with Gasteiger partial charge in [0.1, 0.15) is 6.33 Å². The van der Waals surface area contributed by atoms with Gasteiger partial charge in [-0.15, -0.1) is 0 Å². The number of anilines is 1. The van der Waals surface area contributed by atoms with Crippen LogP contribution in [0.25, 0.3) is 0 Å². The van der Waals surface area contributed by atoms with Crippen LogP contribution in [0.2, 0.25) is 5.15 Å². The molecule has 8 heteroatoms. The standard InChI is InChI=1S/C9H13ClN4O3/c1-13(4-3-5-17-2)9-7(14(15)16)8(10)11-6-12-9/h6H,3-5H2,1-2H3. The predicted molar refractivity (Wildman–Crippen MR) is 63.5 cm³/mol. The summed E-state index contributed by atoms with van der Waals surface area (Å²) in [5, 5.41) is 10.7. The van der Waals surface area contributed by atoms with E-state index in [-0.39, 0.29) is 16.7 Å². The number of nitro groups is 1. The van der Waals surface area contributed by atoms with E-state index in [1.54, 1.807) is 19.1 Å². The number of halogens is 1. The van der Waals surface area contributed by atoms with Crippen molar-refractivity contribution in [3.63, 3.8) is 0 Å². The molecule has 0 amide bonds. The molecule has 17 heavy (non-hydrogen) atoms. The maximum absolute atomic E-state index is 10.9. The molecule has 1 aromatic rings. The smallest absolute Gasteiger partial charge is 0.348 e. The van der Waals surface area contributed by atoms with Gasteiger partial charge >= 0.3 is 5.69 Å². The summed E-state index contributed by atoms with van der Waals surface area (Å²) in [6.07, 6.45) is 1.95. The van der Waals surface area contributed by atoms with Gasteiger partial charge in [-0.1, -0.05) is 11.6 Å². The molecule has 0 spiro atoms. The molecule has 1 aromatic heterocycles. The first kappa shape index (κ1) is 13.6. The van der Waals surface area contributed by atoms with E-state index in [1.165, 1.54) is 6.33 Å². The number of hydrogen-bond donors (Lipinski definition) is 0. The molecule has 0 aliphatic carbocycles. The van der Waals surface area contributed by atoms with Crippen molar-refractivity contribution >= 4 is 23.1 Å². The molecule has 0 aromatic carbocycles. The van der Waals surface area contributed by atoms with Gasteiger partial charge in [0.25, 0.3) is 0 Å². The van der Waals surface area contributed by atoms with Crippen molar-refractivity contribution in [2.75, 3.05) is 32.2 Å². The van der Waals surface area contributed by atoms with Crippen LogP contribution in [-0.4, -0.2) is 42.2 Å². The predicted octanol–water partition coefficient (Wildman–Crippen LogP) is 1.51. The van der Waals surface area contributed by atoms with Crippen LogP contribution in [0, 0.1) is 10.1 Å². The third-order valence-electron chi connectivity index (χ3n) is 2.14. The van der Waals surface area contributed by atoms with Crippen LogP contribution in [-0.2, 0) is 4.74 Å². The molecular weight excluding hydrogens is 248 g/mol. The van der Waals surface area contributed by atoms with E-state index in [9.17, 15) is 10.1 Å². The Bertz CT molecular complexity index is 402. The van der Waals surface area contributed by atoms with Gasteiger partial charge in [0, 0.05) is 27.3 Å². The van der Waals surface area contributed by atoms with Crippen molar-refractivity contribution in [1.82, 2.24) is 9.97 Å². The van der Waals surface area contributed by atoms with E-state index in [0.29, 0.717) is 13.2 Å². The molecular formula is C9H13ClN4O3. The Morgan fingerprint density at radius 1 is 1.59 bits per heavy atom. The van der Waals surface area contributed by atoms with Gasteiger partial charge in [-0.05, 0) is 6.42 Å². The lowest BCUT2D eigenvalue weighted by Crippen LogP contribution is -2.22. The Labute approximate surface area is 104 Å². The zero-order valence-electron chi connectivity index (χ0n) is 9.59. The van der Waals surface area contributed by atoms with Gasteiger partial charge in [-0.2, -0.15) is 0 Å². The number of aromatic nitrogens is 2. The maximum atomic E-state index is 10.9. The third kappa shape index (κ3) is 3.50. The molecule has 0 saturated heterocycles. The fourth-order valence-corrected chi connectivity index (χ4v) is 1.53. The van der Waals surface area contributed by atoms with Crippen molar-refractivity contribution in [2.24, 2.45) is 0 Å². The average molecular weight is 261 g/mol. The zero-order chi connectivity index (χ0) is 12.8. The maximum Gasteiger partial charge on any atom is 0.348 e. The lowest BCUT2D eigenvalue weighted by Gasteiger charge is -2.17. The van der Waals surface area contributed by atoms with E-state index in [0.717, 1.165) is 6.42 Å². The highest BCUT2D eigenvalue weighted by Gasteiger charge is 2.23. The molecule has 0 N–H and O–H groups in total. The average Bonchev–Trinajstić information content (AvgIpc) is 2.28. The first-order valence-corrected chi connectivity index (χ1v) is 5.30. The fraction of sp³-hybridized carbons (Fsp3) is 0.556.